The molecule has 10 aromatic rings. The largest absolute Gasteiger partial charge is 0.308 e. The molecule has 0 bridgehead atoms. The number of rotatable bonds is 5. The second-order valence-corrected chi connectivity index (χ2v) is 17.2. The van der Waals surface area contributed by atoms with Gasteiger partial charge in [0.05, 0.1) is 16.7 Å². The summed E-state index contributed by atoms with van der Waals surface area (Å²) in [6, 6.07) is 64.5. The number of para-hydroxylation sites is 1. The molecule has 0 aliphatic carbocycles. The fourth-order valence-corrected chi connectivity index (χ4v) is 12.1. The number of hydrogen-bond acceptors (Lipinski definition) is 2. The van der Waals surface area contributed by atoms with Crippen LogP contribution in [0.3, 0.4) is 0 Å². The van der Waals surface area contributed by atoms with E-state index >= 15 is 4.57 Å². The van der Waals surface area contributed by atoms with E-state index in [-0.39, 0.29) is 0 Å². The van der Waals surface area contributed by atoms with E-state index in [1.54, 1.807) is 0 Å². The molecule has 1 unspecified atom stereocenters. The molecule has 0 spiro atoms. The van der Waals surface area contributed by atoms with Gasteiger partial charge in [0.25, 0.3) is 0 Å². The fraction of sp³-hybridized carbons (Fsp3) is 0.0392. The average Bonchev–Trinajstić information content (AvgIpc) is 3.64. The van der Waals surface area contributed by atoms with E-state index in [1.807, 2.05) is 48.5 Å². The maximum Gasteiger partial charge on any atom is 0.175 e. The molecule has 0 fully saturated rings. The summed E-state index contributed by atoms with van der Waals surface area (Å²) in [5.74, 6) is 0.974. The molecule has 0 saturated carbocycles. The van der Waals surface area contributed by atoms with Crippen LogP contribution in [0, 0.1) is 0 Å². The van der Waals surface area contributed by atoms with Gasteiger partial charge in [0.2, 0.25) is 0 Å². The first-order valence-electron chi connectivity index (χ1n) is 19.0. The second kappa shape index (κ2) is 12.2. The Kier molecular flexibility index (Phi) is 7.11. The summed E-state index contributed by atoms with van der Waals surface area (Å²) in [4.78, 5) is 5.04. The van der Waals surface area contributed by atoms with Crippen LogP contribution in [0.5, 0.6) is 0 Å². The van der Waals surface area contributed by atoms with Gasteiger partial charge in [0, 0.05) is 22.3 Å². The average molecular weight is 723 g/mol. The SMILES string of the molecule is CCc1nc2cccc3c2n1-c1ccc(-c2ccc4c(-c5ccccc5)c5ccccc5c(-c5cccc6ccccc56)c4c2)cc1P3(=O)c1ccccc1. The number of imidazole rings is 1. The van der Waals surface area contributed by atoms with Gasteiger partial charge in [0.15, 0.2) is 7.14 Å². The van der Waals surface area contributed by atoms with Crippen LogP contribution in [0.15, 0.2) is 182 Å². The van der Waals surface area contributed by atoms with Crippen LogP contribution in [0.4, 0.5) is 0 Å². The van der Waals surface area contributed by atoms with Crippen molar-refractivity contribution in [2.75, 3.05) is 0 Å². The van der Waals surface area contributed by atoms with E-state index in [0.29, 0.717) is 0 Å². The lowest BCUT2D eigenvalue weighted by molar-refractivity contribution is 0.592. The molecule has 1 aliphatic heterocycles. The Balaban J connectivity index is 1.23. The minimum Gasteiger partial charge on any atom is -0.308 e. The zero-order valence-corrected chi connectivity index (χ0v) is 31.2. The van der Waals surface area contributed by atoms with Crippen molar-refractivity contribution in [2.24, 2.45) is 0 Å². The van der Waals surface area contributed by atoms with Gasteiger partial charge in [-0.1, -0.05) is 159 Å². The highest BCUT2D eigenvalue weighted by atomic mass is 31.2. The monoisotopic (exact) mass is 722 g/mol. The predicted molar refractivity (Wildman–Crippen MR) is 232 cm³/mol. The molecular weight excluding hydrogens is 688 g/mol. The summed E-state index contributed by atoms with van der Waals surface area (Å²) in [5, 5.41) is 9.81. The van der Waals surface area contributed by atoms with Gasteiger partial charge in [-0.2, -0.15) is 0 Å². The molecule has 1 aliphatic rings. The Morgan fingerprint density at radius 2 is 1.15 bits per heavy atom. The van der Waals surface area contributed by atoms with Crippen LogP contribution in [0.1, 0.15) is 12.7 Å². The van der Waals surface area contributed by atoms with Crippen molar-refractivity contribution in [3.8, 4) is 39.1 Å². The van der Waals surface area contributed by atoms with Crippen LogP contribution >= 0.6 is 7.14 Å². The molecule has 0 radical (unpaired) electrons. The summed E-state index contributed by atoms with van der Waals surface area (Å²) in [7, 11) is -3.28. The summed E-state index contributed by atoms with van der Waals surface area (Å²) in [6.45, 7) is 2.14. The number of benzene rings is 9. The number of hydrogen-bond donors (Lipinski definition) is 0. The molecule has 0 saturated heterocycles. The van der Waals surface area contributed by atoms with Crippen molar-refractivity contribution >= 4 is 66.4 Å². The van der Waals surface area contributed by atoms with Gasteiger partial charge in [0.1, 0.15) is 5.82 Å². The molecule has 260 valence electrons. The van der Waals surface area contributed by atoms with Crippen molar-refractivity contribution in [2.45, 2.75) is 13.3 Å². The van der Waals surface area contributed by atoms with Gasteiger partial charge in [-0.3, -0.25) is 4.57 Å². The van der Waals surface area contributed by atoms with Crippen molar-refractivity contribution in [3.63, 3.8) is 0 Å². The molecule has 11 rings (SSSR count). The Morgan fingerprint density at radius 1 is 0.509 bits per heavy atom. The van der Waals surface area contributed by atoms with E-state index in [1.165, 1.54) is 54.6 Å². The fourth-order valence-electron chi connectivity index (χ4n) is 9.11. The predicted octanol–water partition coefficient (Wildman–Crippen LogP) is 12.0. The summed E-state index contributed by atoms with van der Waals surface area (Å²) >= 11 is 0. The van der Waals surface area contributed by atoms with Crippen molar-refractivity contribution in [3.05, 3.63) is 188 Å². The first kappa shape index (κ1) is 31.9. The molecule has 4 heteroatoms. The molecule has 1 atom stereocenters. The third kappa shape index (κ3) is 4.64. The number of fused-ring (bicyclic) bond motifs is 5. The van der Waals surface area contributed by atoms with E-state index in [2.05, 4.69) is 145 Å². The third-order valence-electron chi connectivity index (χ3n) is 11.5. The maximum absolute atomic E-state index is 16.0. The second-order valence-electron chi connectivity index (χ2n) is 14.5. The molecule has 1 aromatic heterocycles. The quantitative estimate of drug-likeness (QED) is 0.131. The molecule has 0 amide bonds. The first-order valence-corrected chi connectivity index (χ1v) is 20.7. The van der Waals surface area contributed by atoms with Crippen molar-refractivity contribution in [1.82, 2.24) is 9.55 Å². The zero-order valence-electron chi connectivity index (χ0n) is 30.3. The standard InChI is InChI=1S/C51H35N2OP/c1-2-48-52-44-25-14-26-46-51(44)53(48)45-30-28-36(32-47(45)55(46,54)37-19-7-4-8-20-37)35-27-29-42-43(31-35)50(39-24-13-18-33-15-9-10-21-38(33)39)41-23-12-11-22-40(41)49(42)34-16-5-3-6-17-34/h3-32H,2H2,1H3. The van der Waals surface area contributed by atoms with Crippen LogP contribution in [-0.2, 0) is 11.0 Å². The molecule has 0 N–H and O–H groups in total. The third-order valence-corrected chi connectivity index (χ3v) is 14.6. The Morgan fingerprint density at radius 3 is 1.95 bits per heavy atom. The highest BCUT2D eigenvalue weighted by Gasteiger charge is 2.40. The highest BCUT2D eigenvalue weighted by molar-refractivity contribution is 7.86. The topological polar surface area (TPSA) is 34.9 Å². The smallest absolute Gasteiger partial charge is 0.175 e. The highest BCUT2D eigenvalue weighted by Crippen LogP contribution is 2.51. The molecule has 55 heavy (non-hydrogen) atoms. The summed E-state index contributed by atoms with van der Waals surface area (Å²) in [5.41, 5.74) is 9.75. The lowest BCUT2D eigenvalue weighted by Crippen LogP contribution is -2.33. The minimum atomic E-state index is -3.28. The molecular formula is C51H35N2OP. The van der Waals surface area contributed by atoms with E-state index in [4.69, 9.17) is 4.98 Å². The summed E-state index contributed by atoms with van der Waals surface area (Å²) < 4.78 is 18.3. The van der Waals surface area contributed by atoms with Crippen LogP contribution in [0.2, 0.25) is 0 Å². The van der Waals surface area contributed by atoms with Gasteiger partial charge < -0.3 is 4.57 Å². The normalized spacial score (nSPS) is 14.9. The Labute approximate surface area is 319 Å². The first-order chi connectivity index (χ1) is 27.1. The van der Waals surface area contributed by atoms with E-state index in [9.17, 15) is 0 Å². The van der Waals surface area contributed by atoms with E-state index in [0.717, 1.165) is 56.0 Å². The van der Waals surface area contributed by atoms with Crippen LogP contribution in [-0.4, -0.2) is 9.55 Å². The molecule has 3 nitrogen and oxygen atoms in total. The lowest BCUT2D eigenvalue weighted by Gasteiger charge is -2.29. The Bertz CT molecular complexity index is 3210. The summed E-state index contributed by atoms with van der Waals surface area (Å²) in [6.07, 6.45) is 0.768. The molecule has 2 heterocycles. The van der Waals surface area contributed by atoms with Gasteiger partial charge in [-0.25, -0.2) is 4.98 Å². The molecule has 9 aromatic carbocycles. The van der Waals surface area contributed by atoms with Gasteiger partial charge in [-0.15, -0.1) is 0 Å². The van der Waals surface area contributed by atoms with Crippen molar-refractivity contribution in [1.29, 1.82) is 0 Å². The van der Waals surface area contributed by atoms with Gasteiger partial charge >= 0.3 is 0 Å². The van der Waals surface area contributed by atoms with Crippen LogP contribution < -0.4 is 15.9 Å². The maximum atomic E-state index is 16.0. The number of aromatic nitrogens is 2. The number of nitrogens with zero attached hydrogens (tertiary/aromatic N) is 2. The Hall–Kier alpha value is -6.54. The lowest BCUT2D eigenvalue weighted by atomic mass is 9.84. The van der Waals surface area contributed by atoms with Gasteiger partial charge in [-0.05, 0) is 96.0 Å². The number of aryl methyl sites for hydroxylation is 1. The van der Waals surface area contributed by atoms with E-state index < -0.39 is 7.14 Å². The van der Waals surface area contributed by atoms with Crippen molar-refractivity contribution < 1.29 is 4.57 Å². The minimum absolute atomic E-state index is 0.768. The zero-order chi connectivity index (χ0) is 36.7. The van der Waals surface area contributed by atoms with Crippen LogP contribution in [0.25, 0.3) is 82.4 Å².